The first-order valence-corrected chi connectivity index (χ1v) is 4.32. The second-order valence-electron chi connectivity index (χ2n) is 3.49. The van der Waals surface area contributed by atoms with Crippen LogP contribution in [0, 0.1) is 5.92 Å². The van der Waals surface area contributed by atoms with Crippen LogP contribution >= 0.6 is 0 Å². The van der Waals surface area contributed by atoms with Crippen LogP contribution in [0.2, 0.25) is 0 Å². The molecule has 0 spiro atoms. The number of ether oxygens (including phenoxy) is 1. The molecule has 0 radical (unpaired) electrons. The monoisotopic (exact) mass is 172 g/mol. The maximum absolute atomic E-state index is 11.0. The second-order valence-corrected chi connectivity index (χ2v) is 3.49. The molecule has 0 atom stereocenters. The molecule has 1 heterocycles. The number of carbonyl (C=O) groups is 1. The van der Waals surface area contributed by atoms with Gasteiger partial charge < -0.3 is 15.4 Å². The molecule has 2 N–H and O–H groups in total. The molecule has 4 heteroatoms. The molecule has 4 nitrogen and oxygen atoms in total. The zero-order valence-corrected chi connectivity index (χ0v) is 7.59. The summed E-state index contributed by atoms with van der Waals surface area (Å²) in [5, 5.41) is 5.81. The lowest BCUT2D eigenvalue weighted by atomic mass is 10.2. The van der Waals surface area contributed by atoms with Crippen LogP contribution in [0.1, 0.15) is 13.8 Å². The number of nitrogens with one attached hydrogen (secondary N) is 2. The maximum atomic E-state index is 11.0. The summed E-state index contributed by atoms with van der Waals surface area (Å²) in [7, 11) is 0. The summed E-state index contributed by atoms with van der Waals surface area (Å²) in [4.78, 5) is 11.0. The van der Waals surface area contributed by atoms with Crippen LogP contribution in [0.4, 0.5) is 4.79 Å². The Morgan fingerprint density at radius 3 is 2.75 bits per heavy atom. The van der Waals surface area contributed by atoms with Crippen LogP contribution in [0.15, 0.2) is 0 Å². The Morgan fingerprint density at radius 2 is 2.33 bits per heavy atom. The normalized spacial score (nSPS) is 17.2. The minimum Gasteiger partial charge on any atom is -0.449 e. The van der Waals surface area contributed by atoms with E-state index >= 15 is 0 Å². The molecule has 0 aromatic heterocycles. The van der Waals surface area contributed by atoms with Crippen LogP contribution < -0.4 is 10.6 Å². The van der Waals surface area contributed by atoms with Gasteiger partial charge in [0.15, 0.2) is 0 Å². The minimum atomic E-state index is -0.296. The van der Waals surface area contributed by atoms with Crippen molar-refractivity contribution in [1.82, 2.24) is 10.6 Å². The number of carbonyl (C=O) groups excluding carboxylic acids is 1. The first-order chi connectivity index (χ1) is 5.68. The third kappa shape index (κ3) is 3.09. The van der Waals surface area contributed by atoms with Gasteiger partial charge in [-0.05, 0) is 5.92 Å². The van der Waals surface area contributed by atoms with E-state index < -0.39 is 0 Å². The van der Waals surface area contributed by atoms with E-state index in [4.69, 9.17) is 4.74 Å². The van der Waals surface area contributed by atoms with Crippen molar-refractivity contribution in [3.63, 3.8) is 0 Å². The average molecular weight is 172 g/mol. The Morgan fingerprint density at radius 1 is 1.67 bits per heavy atom. The van der Waals surface area contributed by atoms with Crippen LogP contribution in [-0.2, 0) is 4.74 Å². The summed E-state index contributed by atoms with van der Waals surface area (Å²) in [5.41, 5.74) is 0. The first kappa shape index (κ1) is 9.32. The van der Waals surface area contributed by atoms with Crippen LogP contribution in [0.25, 0.3) is 0 Å². The molecule has 1 fully saturated rings. The minimum absolute atomic E-state index is 0.268. The van der Waals surface area contributed by atoms with Crippen molar-refractivity contribution < 1.29 is 9.53 Å². The molecule has 1 aliphatic heterocycles. The van der Waals surface area contributed by atoms with Gasteiger partial charge in [-0.3, -0.25) is 0 Å². The molecule has 1 saturated heterocycles. The van der Waals surface area contributed by atoms with Crippen molar-refractivity contribution in [3.8, 4) is 0 Å². The molecule has 1 aliphatic rings. The number of hydrogen-bond acceptors (Lipinski definition) is 3. The molecule has 70 valence electrons. The fourth-order valence-corrected chi connectivity index (χ4v) is 0.841. The predicted octanol–water partition coefficient (Wildman–Crippen LogP) is 0.340. The van der Waals surface area contributed by atoms with Crippen molar-refractivity contribution in [3.05, 3.63) is 0 Å². The van der Waals surface area contributed by atoms with Crippen LogP contribution in [-0.4, -0.2) is 31.8 Å². The van der Waals surface area contributed by atoms with E-state index in [1.807, 2.05) is 13.8 Å². The van der Waals surface area contributed by atoms with E-state index in [-0.39, 0.29) is 12.1 Å². The Hall–Kier alpha value is -0.770. The topological polar surface area (TPSA) is 50.4 Å². The van der Waals surface area contributed by atoms with Crippen molar-refractivity contribution in [2.75, 3.05) is 19.7 Å². The molecule has 0 bridgehead atoms. The number of rotatable bonds is 3. The van der Waals surface area contributed by atoms with Crippen LogP contribution in [0.3, 0.4) is 0 Å². The highest BCUT2D eigenvalue weighted by Crippen LogP contribution is 1.95. The average Bonchev–Trinajstić information content (AvgIpc) is 1.93. The molecule has 12 heavy (non-hydrogen) atoms. The van der Waals surface area contributed by atoms with E-state index in [1.165, 1.54) is 0 Å². The van der Waals surface area contributed by atoms with Gasteiger partial charge >= 0.3 is 6.09 Å². The first-order valence-electron chi connectivity index (χ1n) is 4.32. The Bertz CT molecular complexity index is 155. The summed E-state index contributed by atoms with van der Waals surface area (Å²) in [6, 6.07) is 0.268. The molecule has 0 saturated carbocycles. The Kier molecular flexibility index (Phi) is 3.34. The van der Waals surface area contributed by atoms with E-state index in [0.29, 0.717) is 12.5 Å². The molecule has 1 amide bonds. The van der Waals surface area contributed by atoms with Gasteiger partial charge in [-0.25, -0.2) is 4.79 Å². The van der Waals surface area contributed by atoms with E-state index in [1.54, 1.807) is 0 Å². The van der Waals surface area contributed by atoms with Gasteiger partial charge in [-0.15, -0.1) is 0 Å². The highest BCUT2D eigenvalue weighted by atomic mass is 16.5. The summed E-state index contributed by atoms with van der Waals surface area (Å²) < 4.78 is 4.93. The SMILES string of the molecule is CC(C)COC(=O)NC1CNC1. The summed E-state index contributed by atoms with van der Waals surface area (Å²) in [5.74, 6) is 0.398. The molecule has 1 rings (SSSR count). The number of hydrogen-bond donors (Lipinski definition) is 2. The summed E-state index contributed by atoms with van der Waals surface area (Å²) in [6.07, 6.45) is -0.296. The number of amides is 1. The van der Waals surface area contributed by atoms with Crippen molar-refractivity contribution in [1.29, 1.82) is 0 Å². The van der Waals surface area contributed by atoms with Gasteiger partial charge in [-0.2, -0.15) is 0 Å². The van der Waals surface area contributed by atoms with Gasteiger partial charge in [0.05, 0.1) is 12.6 Å². The third-order valence-electron chi connectivity index (χ3n) is 1.65. The van der Waals surface area contributed by atoms with Gasteiger partial charge in [-0.1, -0.05) is 13.8 Å². The van der Waals surface area contributed by atoms with Gasteiger partial charge in [0.2, 0.25) is 0 Å². The zero-order valence-electron chi connectivity index (χ0n) is 7.59. The molecule has 0 aliphatic carbocycles. The molecule has 0 aromatic carbocycles. The summed E-state index contributed by atoms with van der Waals surface area (Å²) in [6.45, 7) is 6.23. The largest absolute Gasteiger partial charge is 0.449 e. The van der Waals surface area contributed by atoms with Gasteiger partial charge in [0.1, 0.15) is 0 Å². The van der Waals surface area contributed by atoms with E-state index in [2.05, 4.69) is 10.6 Å². The second kappa shape index (κ2) is 4.30. The van der Waals surface area contributed by atoms with Gasteiger partial charge in [0, 0.05) is 13.1 Å². The Balaban J connectivity index is 2.03. The molecule has 0 aromatic rings. The fraction of sp³-hybridized carbons (Fsp3) is 0.875. The standard InChI is InChI=1S/C8H16N2O2/c1-6(2)5-12-8(11)10-7-3-9-4-7/h6-7,9H,3-5H2,1-2H3,(H,10,11). The lowest BCUT2D eigenvalue weighted by Crippen LogP contribution is -2.57. The van der Waals surface area contributed by atoms with Crippen molar-refractivity contribution in [2.24, 2.45) is 5.92 Å². The highest BCUT2D eigenvalue weighted by molar-refractivity contribution is 5.67. The van der Waals surface area contributed by atoms with Crippen molar-refractivity contribution in [2.45, 2.75) is 19.9 Å². The Labute approximate surface area is 72.7 Å². The smallest absolute Gasteiger partial charge is 0.407 e. The fourth-order valence-electron chi connectivity index (χ4n) is 0.841. The predicted molar refractivity (Wildman–Crippen MR) is 46.0 cm³/mol. The lowest BCUT2D eigenvalue weighted by molar-refractivity contribution is 0.126. The third-order valence-corrected chi connectivity index (χ3v) is 1.65. The number of alkyl carbamates (subject to hydrolysis) is 1. The zero-order chi connectivity index (χ0) is 8.97. The molecule has 0 unspecified atom stereocenters. The maximum Gasteiger partial charge on any atom is 0.407 e. The van der Waals surface area contributed by atoms with E-state index in [0.717, 1.165) is 13.1 Å². The highest BCUT2D eigenvalue weighted by Gasteiger charge is 2.19. The molecular formula is C8H16N2O2. The quantitative estimate of drug-likeness (QED) is 0.645. The molecular weight excluding hydrogens is 156 g/mol. The lowest BCUT2D eigenvalue weighted by Gasteiger charge is -2.27. The summed E-state index contributed by atoms with van der Waals surface area (Å²) >= 11 is 0. The van der Waals surface area contributed by atoms with Gasteiger partial charge in [0.25, 0.3) is 0 Å². The van der Waals surface area contributed by atoms with E-state index in [9.17, 15) is 4.79 Å². The van der Waals surface area contributed by atoms with Crippen LogP contribution in [0.5, 0.6) is 0 Å². The van der Waals surface area contributed by atoms with Crippen molar-refractivity contribution >= 4 is 6.09 Å².